The van der Waals surface area contributed by atoms with E-state index < -0.39 is 21.7 Å². The number of methoxy groups -OCH3 is 1. The summed E-state index contributed by atoms with van der Waals surface area (Å²) in [6, 6.07) is 2.72. The molecule has 0 unspecified atom stereocenters. The smallest absolute Gasteiger partial charge is 0.267 e. The number of rotatable bonds is 9. The molecule has 1 aromatic carbocycles. The standard InChI is InChI=1S/C21H28FNO5S/c1-27-8-9-29(25,26)23-20(24)17-10-16(14-5-6-14)19(11-18(17)22)28-13-21-7-3-2-4-15(21)12-21/h10-11,14-15H,2-9,12-13H2,1H3,(H,23,24)/t15-,21+/m1/s1. The molecule has 0 aromatic heterocycles. The maximum absolute atomic E-state index is 14.7. The van der Waals surface area contributed by atoms with E-state index in [9.17, 15) is 17.6 Å². The number of hydrogen-bond acceptors (Lipinski definition) is 5. The minimum Gasteiger partial charge on any atom is -0.493 e. The molecule has 0 aliphatic heterocycles. The molecule has 3 saturated carbocycles. The average Bonchev–Trinajstić information content (AvgIpc) is 3.58. The van der Waals surface area contributed by atoms with E-state index in [4.69, 9.17) is 9.47 Å². The molecule has 6 nitrogen and oxygen atoms in total. The third-order valence-electron chi connectivity index (χ3n) is 6.52. The Morgan fingerprint density at radius 3 is 2.76 bits per heavy atom. The first-order valence-corrected chi connectivity index (χ1v) is 12.0. The highest BCUT2D eigenvalue weighted by Crippen LogP contribution is 2.61. The summed E-state index contributed by atoms with van der Waals surface area (Å²) in [5.74, 6) is -0.627. The van der Waals surface area contributed by atoms with Crippen LogP contribution in [0.25, 0.3) is 0 Å². The van der Waals surface area contributed by atoms with E-state index in [0.29, 0.717) is 12.4 Å². The van der Waals surface area contributed by atoms with Crippen LogP contribution in [0.5, 0.6) is 5.75 Å². The van der Waals surface area contributed by atoms with Crippen molar-refractivity contribution in [1.82, 2.24) is 4.72 Å². The van der Waals surface area contributed by atoms with Gasteiger partial charge in [-0.2, -0.15) is 0 Å². The summed E-state index contributed by atoms with van der Waals surface area (Å²) >= 11 is 0. The van der Waals surface area contributed by atoms with Gasteiger partial charge in [0, 0.05) is 18.6 Å². The van der Waals surface area contributed by atoms with Gasteiger partial charge in [0.25, 0.3) is 5.91 Å². The van der Waals surface area contributed by atoms with Crippen molar-refractivity contribution in [3.05, 3.63) is 29.1 Å². The molecule has 1 N–H and O–H groups in total. The van der Waals surface area contributed by atoms with Crippen LogP contribution in [0, 0.1) is 17.2 Å². The van der Waals surface area contributed by atoms with Gasteiger partial charge in [0.05, 0.1) is 24.5 Å². The Morgan fingerprint density at radius 1 is 1.28 bits per heavy atom. The van der Waals surface area contributed by atoms with E-state index in [1.54, 1.807) is 0 Å². The summed E-state index contributed by atoms with van der Waals surface area (Å²) in [4.78, 5) is 12.4. The molecule has 3 aliphatic rings. The SMILES string of the molecule is COCCS(=O)(=O)NC(=O)c1cc(C2CC2)c(OC[C@@]23CCCC[C@@H]2C3)cc1F. The summed E-state index contributed by atoms with van der Waals surface area (Å²) in [7, 11) is -2.52. The molecular formula is C21H28FNO5S. The van der Waals surface area contributed by atoms with Gasteiger partial charge >= 0.3 is 0 Å². The first kappa shape index (κ1) is 20.6. The zero-order chi connectivity index (χ0) is 20.6. The number of benzene rings is 1. The van der Waals surface area contributed by atoms with Gasteiger partial charge in [-0.3, -0.25) is 4.79 Å². The second-order valence-corrected chi connectivity index (χ2v) is 10.5. The number of carbonyl (C=O) groups is 1. The van der Waals surface area contributed by atoms with Crippen LogP contribution in [0.3, 0.4) is 0 Å². The van der Waals surface area contributed by atoms with Crippen LogP contribution in [0.1, 0.15) is 66.8 Å². The molecule has 1 aromatic rings. The molecule has 2 atom stereocenters. The zero-order valence-electron chi connectivity index (χ0n) is 16.7. The van der Waals surface area contributed by atoms with Crippen LogP contribution in [0.2, 0.25) is 0 Å². The summed E-state index contributed by atoms with van der Waals surface area (Å²) in [5.41, 5.74) is 0.789. The van der Waals surface area contributed by atoms with Crippen LogP contribution >= 0.6 is 0 Å². The number of halogens is 1. The number of nitrogens with one attached hydrogen (secondary N) is 1. The zero-order valence-corrected chi connectivity index (χ0v) is 17.5. The van der Waals surface area contributed by atoms with Gasteiger partial charge in [-0.15, -0.1) is 0 Å². The second-order valence-electron chi connectivity index (χ2n) is 8.68. The fourth-order valence-corrected chi connectivity index (χ4v) is 5.39. The third-order valence-corrected chi connectivity index (χ3v) is 7.72. The number of carbonyl (C=O) groups excluding carboxylic acids is 1. The topological polar surface area (TPSA) is 81.7 Å². The predicted octanol–water partition coefficient (Wildman–Crippen LogP) is 3.37. The molecular weight excluding hydrogens is 397 g/mol. The van der Waals surface area contributed by atoms with Crippen molar-refractivity contribution < 1.29 is 27.1 Å². The van der Waals surface area contributed by atoms with Gasteiger partial charge in [0.15, 0.2) is 0 Å². The van der Waals surface area contributed by atoms with Crippen molar-refractivity contribution in [3.63, 3.8) is 0 Å². The lowest BCUT2D eigenvalue weighted by Gasteiger charge is -2.23. The van der Waals surface area contributed by atoms with Gasteiger partial charge in [0.1, 0.15) is 11.6 Å². The normalized spacial score (nSPS) is 25.9. The quantitative estimate of drug-likeness (QED) is 0.656. The molecule has 4 rings (SSSR count). The largest absolute Gasteiger partial charge is 0.493 e. The molecule has 1 amide bonds. The van der Waals surface area contributed by atoms with Crippen LogP contribution in [0.4, 0.5) is 4.39 Å². The fourth-order valence-electron chi connectivity index (χ4n) is 4.51. The highest BCUT2D eigenvalue weighted by atomic mass is 32.2. The second kappa shape index (κ2) is 7.87. The summed E-state index contributed by atoms with van der Waals surface area (Å²) in [6.45, 7) is 0.543. The first-order valence-electron chi connectivity index (χ1n) is 10.3. The van der Waals surface area contributed by atoms with Crippen molar-refractivity contribution in [1.29, 1.82) is 0 Å². The lowest BCUT2D eigenvalue weighted by atomic mass is 9.89. The Bertz CT molecular complexity index is 899. The minimum absolute atomic E-state index is 0.0477. The molecule has 0 radical (unpaired) electrons. The molecule has 8 heteroatoms. The van der Waals surface area contributed by atoms with E-state index >= 15 is 0 Å². The lowest BCUT2D eigenvalue weighted by molar-refractivity contribution is 0.0977. The molecule has 0 spiro atoms. The van der Waals surface area contributed by atoms with Gasteiger partial charge in [0.2, 0.25) is 10.0 Å². The van der Waals surface area contributed by atoms with Crippen LogP contribution in [0.15, 0.2) is 12.1 Å². The van der Waals surface area contributed by atoms with E-state index in [2.05, 4.69) is 0 Å². The van der Waals surface area contributed by atoms with Crippen molar-refractivity contribution >= 4 is 15.9 Å². The summed E-state index contributed by atoms with van der Waals surface area (Å²) in [5, 5.41) is 0. The summed E-state index contributed by atoms with van der Waals surface area (Å²) in [6.07, 6.45) is 8.04. The van der Waals surface area contributed by atoms with Gasteiger partial charge in [-0.1, -0.05) is 12.8 Å². The van der Waals surface area contributed by atoms with Crippen LogP contribution in [-0.4, -0.2) is 40.4 Å². The van der Waals surface area contributed by atoms with Crippen molar-refractivity contribution in [2.75, 3.05) is 26.1 Å². The maximum atomic E-state index is 14.7. The van der Waals surface area contributed by atoms with E-state index in [1.807, 2.05) is 4.72 Å². The average molecular weight is 426 g/mol. The Kier molecular flexibility index (Phi) is 5.59. The Hall–Kier alpha value is -1.67. The molecule has 0 bridgehead atoms. The Morgan fingerprint density at radius 2 is 2.07 bits per heavy atom. The molecule has 29 heavy (non-hydrogen) atoms. The van der Waals surface area contributed by atoms with E-state index in [0.717, 1.165) is 24.3 Å². The molecule has 3 aliphatic carbocycles. The molecule has 3 fully saturated rings. The van der Waals surface area contributed by atoms with Crippen LogP contribution in [-0.2, 0) is 14.8 Å². The Balaban J connectivity index is 1.50. The third kappa shape index (κ3) is 4.58. The number of sulfonamides is 1. The predicted molar refractivity (Wildman–Crippen MR) is 106 cm³/mol. The van der Waals surface area contributed by atoms with Crippen LogP contribution < -0.4 is 9.46 Å². The van der Waals surface area contributed by atoms with Crippen molar-refractivity contribution in [2.24, 2.45) is 11.3 Å². The highest BCUT2D eigenvalue weighted by molar-refractivity contribution is 7.90. The number of fused-ring (bicyclic) bond motifs is 1. The van der Waals surface area contributed by atoms with E-state index in [-0.39, 0.29) is 29.3 Å². The monoisotopic (exact) mass is 425 g/mol. The van der Waals surface area contributed by atoms with Crippen molar-refractivity contribution in [3.8, 4) is 5.75 Å². The maximum Gasteiger partial charge on any atom is 0.267 e. The lowest BCUT2D eigenvalue weighted by Crippen LogP contribution is -2.34. The van der Waals surface area contributed by atoms with Gasteiger partial charge < -0.3 is 9.47 Å². The molecule has 160 valence electrons. The first-order chi connectivity index (χ1) is 13.8. The van der Waals surface area contributed by atoms with Gasteiger partial charge in [-0.25, -0.2) is 17.5 Å². The fraction of sp³-hybridized carbons (Fsp3) is 0.667. The minimum atomic E-state index is -3.89. The van der Waals surface area contributed by atoms with Crippen molar-refractivity contribution in [2.45, 2.75) is 50.9 Å². The molecule has 0 saturated heterocycles. The number of hydrogen-bond donors (Lipinski definition) is 1. The molecule has 0 heterocycles. The Labute approximate surface area is 171 Å². The number of ether oxygens (including phenoxy) is 2. The van der Waals surface area contributed by atoms with E-state index in [1.165, 1.54) is 51.3 Å². The van der Waals surface area contributed by atoms with Gasteiger partial charge in [-0.05, 0) is 55.6 Å². The summed E-state index contributed by atoms with van der Waals surface area (Å²) < 4.78 is 51.3. The highest BCUT2D eigenvalue weighted by Gasteiger charge is 2.55. The number of amides is 1.